The number of anilines is 1. The highest BCUT2D eigenvalue weighted by atomic mass is 35.5. The molecule has 1 fully saturated rings. The maximum atomic E-state index is 13.0. The van der Waals surface area contributed by atoms with Crippen molar-refractivity contribution in [1.29, 1.82) is 0 Å². The lowest BCUT2D eigenvalue weighted by Gasteiger charge is -2.34. The number of amides is 1. The minimum absolute atomic E-state index is 0.0780. The third kappa shape index (κ3) is 3.83. The third-order valence-electron chi connectivity index (χ3n) is 5.80. The van der Waals surface area contributed by atoms with E-state index in [-0.39, 0.29) is 17.9 Å². The number of fused-ring (bicyclic) bond motifs is 1. The molecular formula is C22H26ClN3O. The van der Waals surface area contributed by atoms with Gasteiger partial charge < -0.3 is 16.0 Å². The van der Waals surface area contributed by atoms with Gasteiger partial charge in [-0.3, -0.25) is 4.79 Å². The van der Waals surface area contributed by atoms with Gasteiger partial charge >= 0.3 is 0 Å². The summed E-state index contributed by atoms with van der Waals surface area (Å²) >= 11 is 6.43. The average molecular weight is 384 g/mol. The van der Waals surface area contributed by atoms with Crippen molar-refractivity contribution in [3.8, 4) is 0 Å². The van der Waals surface area contributed by atoms with Crippen molar-refractivity contribution in [2.45, 2.75) is 37.6 Å². The number of nitrogens with one attached hydrogen (secondary N) is 1. The van der Waals surface area contributed by atoms with Crippen LogP contribution in [0.2, 0.25) is 5.02 Å². The van der Waals surface area contributed by atoms with Crippen molar-refractivity contribution in [1.82, 2.24) is 10.2 Å². The van der Waals surface area contributed by atoms with Crippen molar-refractivity contribution >= 4 is 23.2 Å². The second-order valence-electron chi connectivity index (χ2n) is 7.60. The van der Waals surface area contributed by atoms with E-state index in [1.54, 1.807) is 12.1 Å². The number of likely N-dealkylation sites (tertiary alicyclic amines) is 1. The Morgan fingerprint density at radius 1 is 1.04 bits per heavy atom. The summed E-state index contributed by atoms with van der Waals surface area (Å²) in [6.07, 6.45) is 4.71. The largest absolute Gasteiger partial charge is 0.399 e. The number of halogens is 1. The van der Waals surface area contributed by atoms with Crippen LogP contribution in [-0.4, -0.2) is 30.4 Å². The molecule has 4 rings (SSSR count). The number of piperidine rings is 1. The van der Waals surface area contributed by atoms with Crippen LogP contribution in [0.15, 0.2) is 42.5 Å². The zero-order chi connectivity index (χ0) is 18.8. The molecule has 1 amide bonds. The number of carbonyl (C=O) groups excluding carboxylic acids is 1. The molecule has 4 nitrogen and oxygen atoms in total. The summed E-state index contributed by atoms with van der Waals surface area (Å²) in [5.74, 6) is -0.0339. The predicted octanol–water partition coefficient (Wildman–Crippen LogP) is 4.10. The molecule has 3 N–H and O–H groups in total. The van der Waals surface area contributed by atoms with Crippen molar-refractivity contribution in [3.63, 3.8) is 0 Å². The number of hydrogen-bond donors (Lipinski definition) is 2. The van der Waals surface area contributed by atoms with Crippen LogP contribution >= 0.6 is 11.6 Å². The quantitative estimate of drug-likeness (QED) is 0.781. The molecule has 1 saturated heterocycles. The van der Waals surface area contributed by atoms with E-state index in [1.807, 2.05) is 18.2 Å². The topological polar surface area (TPSA) is 58.4 Å². The van der Waals surface area contributed by atoms with Crippen LogP contribution in [0.25, 0.3) is 0 Å². The SMILES string of the molecule is Nc1ccc(Cl)c(C2NC(=O)C(CCN3CCCCC3)c3ccccc32)c1. The fourth-order valence-corrected chi connectivity index (χ4v) is 4.59. The van der Waals surface area contributed by atoms with Gasteiger partial charge in [-0.25, -0.2) is 0 Å². The van der Waals surface area contributed by atoms with E-state index in [1.165, 1.54) is 19.3 Å². The Morgan fingerprint density at radius 2 is 1.78 bits per heavy atom. The molecule has 27 heavy (non-hydrogen) atoms. The normalized spacial score (nSPS) is 22.9. The Bertz CT molecular complexity index is 832. The van der Waals surface area contributed by atoms with Crippen LogP contribution in [0.1, 0.15) is 54.3 Å². The lowest BCUT2D eigenvalue weighted by atomic mass is 9.82. The molecule has 0 saturated carbocycles. The zero-order valence-corrected chi connectivity index (χ0v) is 16.2. The van der Waals surface area contributed by atoms with Crippen LogP contribution in [0.5, 0.6) is 0 Å². The summed E-state index contributed by atoms with van der Waals surface area (Å²) in [6.45, 7) is 3.27. The molecule has 0 aromatic heterocycles. The second-order valence-corrected chi connectivity index (χ2v) is 8.00. The maximum Gasteiger partial charge on any atom is 0.228 e. The van der Waals surface area contributed by atoms with Crippen LogP contribution < -0.4 is 11.1 Å². The number of benzene rings is 2. The Labute approximate surface area is 165 Å². The highest BCUT2D eigenvalue weighted by molar-refractivity contribution is 6.31. The van der Waals surface area contributed by atoms with Gasteiger partial charge in [0.25, 0.3) is 0 Å². The molecule has 2 unspecified atom stereocenters. The standard InChI is InChI=1S/C22H26ClN3O/c23-20-9-8-15(24)14-19(20)21-17-7-3-2-6-16(17)18(22(27)25-21)10-13-26-11-4-1-5-12-26/h2-3,6-9,14,18,21H,1,4-5,10-13,24H2,(H,25,27). The summed E-state index contributed by atoms with van der Waals surface area (Å²) in [4.78, 5) is 15.5. The number of nitrogens with zero attached hydrogens (tertiary/aromatic N) is 1. The van der Waals surface area contributed by atoms with Crippen LogP contribution in [0.3, 0.4) is 0 Å². The number of nitrogen functional groups attached to an aromatic ring is 1. The summed E-state index contributed by atoms with van der Waals surface area (Å²) in [5.41, 5.74) is 9.70. The molecule has 2 atom stereocenters. The van der Waals surface area contributed by atoms with Gasteiger partial charge in [0.2, 0.25) is 5.91 Å². The third-order valence-corrected chi connectivity index (χ3v) is 6.14. The Kier molecular flexibility index (Phi) is 5.37. The molecule has 0 bridgehead atoms. The Hall–Kier alpha value is -2.04. The van der Waals surface area contributed by atoms with Gasteiger partial charge in [0.15, 0.2) is 0 Å². The Balaban J connectivity index is 1.62. The Morgan fingerprint density at radius 3 is 2.56 bits per heavy atom. The van der Waals surface area contributed by atoms with Gasteiger partial charge in [-0.1, -0.05) is 42.3 Å². The molecular weight excluding hydrogens is 358 g/mol. The van der Waals surface area contributed by atoms with Crippen molar-refractivity contribution < 1.29 is 4.79 Å². The highest BCUT2D eigenvalue weighted by Crippen LogP contribution is 2.39. The van der Waals surface area contributed by atoms with E-state index >= 15 is 0 Å². The first-order valence-corrected chi connectivity index (χ1v) is 10.2. The van der Waals surface area contributed by atoms with Gasteiger partial charge in [0, 0.05) is 10.7 Å². The number of nitrogens with two attached hydrogens (primary N) is 1. The first kappa shape index (κ1) is 18.3. The molecule has 2 aliphatic heterocycles. The van der Waals surface area contributed by atoms with E-state index in [9.17, 15) is 4.79 Å². The van der Waals surface area contributed by atoms with E-state index in [2.05, 4.69) is 22.3 Å². The smallest absolute Gasteiger partial charge is 0.228 e. The summed E-state index contributed by atoms with van der Waals surface area (Å²) in [7, 11) is 0. The van der Waals surface area contributed by atoms with Gasteiger partial charge in [0.05, 0.1) is 12.0 Å². The average Bonchev–Trinajstić information content (AvgIpc) is 2.69. The van der Waals surface area contributed by atoms with Crippen molar-refractivity contribution in [2.75, 3.05) is 25.4 Å². The number of rotatable bonds is 4. The van der Waals surface area contributed by atoms with Crippen molar-refractivity contribution in [3.05, 3.63) is 64.2 Å². The molecule has 2 heterocycles. The van der Waals surface area contributed by atoms with Crippen molar-refractivity contribution in [2.24, 2.45) is 0 Å². The van der Waals surface area contributed by atoms with Crippen LogP contribution in [0.4, 0.5) is 5.69 Å². The lowest BCUT2D eigenvalue weighted by molar-refractivity contribution is -0.124. The summed E-state index contributed by atoms with van der Waals surface area (Å²) in [6, 6.07) is 13.4. The molecule has 2 aliphatic rings. The monoisotopic (exact) mass is 383 g/mol. The fraction of sp³-hybridized carbons (Fsp3) is 0.409. The molecule has 2 aromatic carbocycles. The first-order valence-electron chi connectivity index (χ1n) is 9.80. The van der Waals surface area contributed by atoms with E-state index in [0.29, 0.717) is 10.7 Å². The lowest BCUT2D eigenvalue weighted by Crippen LogP contribution is -2.41. The van der Waals surface area contributed by atoms with Gasteiger partial charge in [-0.2, -0.15) is 0 Å². The number of hydrogen-bond acceptors (Lipinski definition) is 3. The highest BCUT2D eigenvalue weighted by Gasteiger charge is 2.34. The van der Waals surface area contributed by atoms with Crippen LogP contribution in [0, 0.1) is 0 Å². The predicted molar refractivity (Wildman–Crippen MR) is 110 cm³/mol. The minimum Gasteiger partial charge on any atom is -0.399 e. The molecule has 2 aromatic rings. The molecule has 0 aliphatic carbocycles. The van der Waals surface area contributed by atoms with E-state index in [0.717, 1.165) is 42.7 Å². The molecule has 0 radical (unpaired) electrons. The second kappa shape index (κ2) is 7.91. The van der Waals surface area contributed by atoms with Gasteiger partial charge in [0.1, 0.15) is 0 Å². The number of carbonyl (C=O) groups is 1. The van der Waals surface area contributed by atoms with Crippen LogP contribution in [-0.2, 0) is 4.79 Å². The van der Waals surface area contributed by atoms with E-state index in [4.69, 9.17) is 17.3 Å². The first-order chi connectivity index (χ1) is 13.1. The van der Waals surface area contributed by atoms with Gasteiger partial charge in [-0.05, 0) is 73.8 Å². The fourth-order valence-electron chi connectivity index (χ4n) is 4.36. The molecule has 142 valence electrons. The summed E-state index contributed by atoms with van der Waals surface area (Å²) in [5, 5.41) is 3.82. The van der Waals surface area contributed by atoms with Gasteiger partial charge in [-0.15, -0.1) is 0 Å². The molecule has 0 spiro atoms. The van der Waals surface area contributed by atoms with E-state index < -0.39 is 0 Å². The zero-order valence-electron chi connectivity index (χ0n) is 15.5. The molecule has 5 heteroatoms. The minimum atomic E-state index is -0.254. The summed E-state index contributed by atoms with van der Waals surface area (Å²) < 4.78 is 0. The maximum absolute atomic E-state index is 13.0.